The first-order chi connectivity index (χ1) is 9.60. The Bertz CT molecular complexity index is 416. The molecule has 0 saturated heterocycles. The van der Waals surface area contributed by atoms with Crippen LogP contribution in [0.25, 0.3) is 0 Å². The molecule has 0 radical (unpaired) electrons. The van der Waals surface area contributed by atoms with Crippen molar-refractivity contribution in [2.75, 3.05) is 12.3 Å². The average Bonchev–Trinajstić information content (AvgIpc) is 2.41. The highest BCUT2D eigenvalue weighted by Crippen LogP contribution is 2.32. The maximum absolute atomic E-state index is 5.91. The largest absolute Gasteiger partial charge is 0.399 e. The van der Waals surface area contributed by atoms with E-state index >= 15 is 0 Å². The second-order valence-corrected chi connectivity index (χ2v) is 6.64. The van der Waals surface area contributed by atoms with Gasteiger partial charge >= 0.3 is 0 Å². The van der Waals surface area contributed by atoms with Gasteiger partial charge in [-0.25, -0.2) is 0 Å². The summed E-state index contributed by atoms with van der Waals surface area (Å²) in [5, 5.41) is 0. The Hall–Kier alpha value is -1.02. The van der Waals surface area contributed by atoms with Crippen molar-refractivity contribution in [3.63, 3.8) is 0 Å². The lowest BCUT2D eigenvalue weighted by Gasteiger charge is -2.39. The molecule has 2 nitrogen and oxygen atoms in total. The highest BCUT2D eigenvalue weighted by Gasteiger charge is 2.28. The van der Waals surface area contributed by atoms with Gasteiger partial charge in [-0.3, -0.25) is 4.90 Å². The molecule has 0 heterocycles. The molecule has 0 amide bonds. The molecule has 1 saturated carbocycles. The van der Waals surface area contributed by atoms with Crippen LogP contribution in [0.1, 0.15) is 52.0 Å². The highest BCUT2D eigenvalue weighted by molar-refractivity contribution is 5.40. The van der Waals surface area contributed by atoms with E-state index in [1.54, 1.807) is 0 Å². The van der Waals surface area contributed by atoms with Crippen molar-refractivity contribution in [3.8, 4) is 0 Å². The van der Waals surface area contributed by atoms with Crippen LogP contribution < -0.4 is 5.73 Å². The zero-order valence-corrected chi connectivity index (χ0v) is 13.3. The van der Waals surface area contributed by atoms with E-state index in [1.165, 1.54) is 37.8 Å². The molecule has 1 aromatic rings. The third-order valence-corrected chi connectivity index (χ3v) is 4.93. The Labute approximate surface area is 124 Å². The lowest BCUT2D eigenvalue weighted by atomic mass is 9.78. The summed E-state index contributed by atoms with van der Waals surface area (Å²) in [6.07, 6.45) is 5.31. The molecule has 0 spiro atoms. The van der Waals surface area contributed by atoms with E-state index < -0.39 is 0 Å². The molecular weight excluding hydrogens is 244 g/mol. The van der Waals surface area contributed by atoms with Crippen LogP contribution in [0, 0.1) is 11.8 Å². The van der Waals surface area contributed by atoms with Gasteiger partial charge in [0.15, 0.2) is 0 Å². The molecule has 3 unspecified atom stereocenters. The Balaban J connectivity index is 2.03. The lowest BCUT2D eigenvalue weighted by molar-refractivity contribution is 0.103. The quantitative estimate of drug-likeness (QED) is 0.811. The summed E-state index contributed by atoms with van der Waals surface area (Å²) in [6.45, 7) is 9.34. The zero-order chi connectivity index (χ0) is 14.5. The maximum atomic E-state index is 5.91. The van der Waals surface area contributed by atoms with Crippen molar-refractivity contribution in [2.45, 2.75) is 59.0 Å². The van der Waals surface area contributed by atoms with E-state index in [-0.39, 0.29) is 0 Å². The molecular formula is C18H30N2. The number of nitrogens with zero attached hydrogens (tertiary/aromatic N) is 1. The Morgan fingerprint density at radius 1 is 1.20 bits per heavy atom. The summed E-state index contributed by atoms with van der Waals surface area (Å²) in [7, 11) is 0. The van der Waals surface area contributed by atoms with E-state index in [1.807, 2.05) is 6.07 Å². The summed E-state index contributed by atoms with van der Waals surface area (Å²) < 4.78 is 0. The van der Waals surface area contributed by atoms with E-state index in [0.29, 0.717) is 0 Å². The molecule has 2 heteroatoms. The summed E-state index contributed by atoms with van der Waals surface area (Å²) in [4.78, 5) is 2.68. The second-order valence-electron chi connectivity index (χ2n) is 6.64. The van der Waals surface area contributed by atoms with Gasteiger partial charge in [0.2, 0.25) is 0 Å². The molecule has 1 aromatic carbocycles. The number of benzene rings is 1. The Kier molecular flexibility index (Phi) is 5.47. The molecule has 112 valence electrons. The van der Waals surface area contributed by atoms with Gasteiger partial charge < -0.3 is 5.73 Å². The number of nitrogens with two attached hydrogens (primary N) is 1. The fourth-order valence-electron chi connectivity index (χ4n) is 3.45. The summed E-state index contributed by atoms with van der Waals surface area (Å²) in [5.41, 5.74) is 8.14. The predicted molar refractivity (Wildman–Crippen MR) is 87.5 cm³/mol. The molecule has 2 N–H and O–H groups in total. The minimum absolute atomic E-state index is 0.752. The van der Waals surface area contributed by atoms with Crippen molar-refractivity contribution in [1.29, 1.82) is 0 Å². The number of rotatable bonds is 5. The first-order valence-corrected chi connectivity index (χ1v) is 8.18. The van der Waals surface area contributed by atoms with Gasteiger partial charge in [0.1, 0.15) is 0 Å². The zero-order valence-electron chi connectivity index (χ0n) is 13.3. The third-order valence-electron chi connectivity index (χ3n) is 4.93. The predicted octanol–water partition coefficient (Wildman–Crippen LogP) is 4.31. The van der Waals surface area contributed by atoms with Crippen molar-refractivity contribution >= 4 is 5.69 Å². The molecule has 0 aromatic heterocycles. The van der Waals surface area contributed by atoms with E-state index in [0.717, 1.165) is 30.1 Å². The first kappa shape index (κ1) is 15.4. The molecule has 3 atom stereocenters. The number of hydrogen-bond donors (Lipinski definition) is 1. The summed E-state index contributed by atoms with van der Waals surface area (Å²) >= 11 is 0. The minimum Gasteiger partial charge on any atom is -0.399 e. The maximum Gasteiger partial charge on any atom is 0.0317 e. The first-order valence-electron chi connectivity index (χ1n) is 8.18. The topological polar surface area (TPSA) is 29.3 Å². The smallest absolute Gasteiger partial charge is 0.0317 e. The fraction of sp³-hybridized carbons (Fsp3) is 0.667. The molecule has 1 aliphatic rings. The van der Waals surface area contributed by atoms with Crippen LogP contribution in [0.3, 0.4) is 0 Å². The second kappa shape index (κ2) is 7.12. The van der Waals surface area contributed by atoms with Crippen LogP contribution in [-0.2, 0) is 6.54 Å². The van der Waals surface area contributed by atoms with Crippen molar-refractivity contribution in [2.24, 2.45) is 11.8 Å². The molecule has 20 heavy (non-hydrogen) atoms. The van der Waals surface area contributed by atoms with E-state index in [4.69, 9.17) is 5.73 Å². The van der Waals surface area contributed by atoms with Gasteiger partial charge in [-0.15, -0.1) is 0 Å². The summed E-state index contributed by atoms with van der Waals surface area (Å²) in [6, 6.07) is 9.12. The SMILES string of the molecule is CCCN(Cc1cccc(N)c1)C1CCC(C)C(C)C1. The van der Waals surface area contributed by atoms with E-state index in [9.17, 15) is 0 Å². The van der Waals surface area contributed by atoms with Gasteiger partial charge in [0.25, 0.3) is 0 Å². The van der Waals surface area contributed by atoms with Crippen molar-refractivity contribution < 1.29 is 0 Å². The van der Waals surface area contributed by atoms with Gasteiger partial charge in [-0.05, 0) is 61.8 Å². The van der Waals surface area contributed by atoms with Crippen LogP contribution in [0.5, 0.6) is 0 Å². The highest BCUT2D eigenvalue weighted by atomic mass is 15.2. The van der Waals surface area contributed by atoms with E-state index in [2.05, 4.69) is 43.9 Å². The lowest BCUT2D eigenvalue weighted by Crippen LogP contribution is -2.40. The molecule has 0 bridgehead atoms. The molecule has 2 rings (SSSR count). The van der Waals surface area contributed by atoms with Gasteiger partial charge in [0.05, 0.1) is 0 Å². The third kappa shape index (κ3) is 3.99. The number of nitrogen functional groups attached to an aromatic ring is 1. The Morgan fingerprint density at radius 2 is 2.00 bits per heavy atom. The van der Waals surface area contributed by atoms with Crippen LogP contribution in [0.2, 0.25) is 0 Å². The van der Waals surface area contributed by atoms with Crippen molar-refractivity contribution in [1.82, 2.24) is 4.90 Å². The van der Waals surface area contributed by atoms with Crippen LogP contribution in [-0.4, -0.2) is 17.5 Å². The normalized spacial score (nSPS) is 26.9. The van der Waals surface area contributed by atoms with Crippen LogP contribution in [0.15, 0.2) is 24.3 Å². The summed E-state index contributed by atoms with van der Waals surface area (Å²) in [5.74, 6) is 1.75. The average molecular weight is 274 g/mol. The molecule has 1 fully saturated rings. The van der Waals surface area contributed by atoms with Crippen LogP contribution in [0.4, 0.5) is 5.69 Å². The van der Waals surface area contributed by atoms with Crippen molar-refractivity contribution in [3.05, 3.63) is 29.8 Å². The Morgan fingerprint density at radius 3 is 2.65 bits per heavy atom. The van der Waals surface area contributed by atoms with Crippen LogP contribution >= 0.6 is 0 Å². The fourth-order valence-corrected chi connectivity index (χ4v) is 3.45. The number of anilines is 1. The monoisotopic (exact) mass is 274 g/mol. The van der Waals surface area contributed by atoms with Gasteiger partial charge in [0, 0.05) is 18.3 Å². The molecule has 0 aliphatic heterocycles. The molecule has 1 aliphatic carbocycles. The minimum atomic E-state index is 0.752. The van der Waals surface area contributed by atoms with Gasteiger partial charge in [-0.2, -0.15) is 0 Å². The standard InChI is InChI=1S/C18H30N2/c1-4-10-20(13-16-6-5-7-17(19)12-16)18-9-8-14(2)15(3)11-18/h5-7,12,14-15,18H,4,8-11,13,19H2,1-3H3. The van der Waals surface area contributed by atoms with Gasteiger partial charge in [-0.1, -0.05) is 32.9 Å². The number of hydrogen-bond acceptors (Lipinski definition) is 2.